The van der Waals surface area contributed by atoms with Gasteiger partial charge in [-0.2, -0.15) is 13.2 Å². The summed E-state index contributed by atoms with van der Waals surface area (Å²) in [4.78, 5) is 15.8. The number of carbonyl (C=O) groups is 1. The predicted octanol–water partition coefficient (Wildman–Crippen LogP) is 4.09. The van der Waals surface area contributed by atoms with Crippen LogP contribution in [0.25, 0.3) is 0 Å². The van der Waals surface area contributed by atoms with Crippen molar-refractivity contribution in [2.45, 2.75) is 6.18 Å². The van der Waals surface area contributed by atoms with Crippen molar-refractivity contribution >= 4 is 21.7 Å². The van der Waals surface area contributed by atoms with Crippen LogP contribution in [-0.4, -0.2) is 10.8 Å². The summed E-state index contributed by atoms with van der Waals surface area (Å²) in [6, 6.07) is 6.04. The lowest BCUT2D eigenvalue weighted by Crippen LogP contribution is -2.08. The molecular formula is C13H7BrF3NO. The van der Waals surface area contributed by atoms with Crippen LogP contribution in [0.3, 0.4) is 0 Å². The minimum Gasteiger partial charge on any atom is -0.289 e. The first-order valence-electron chi connectivity index (χ1n) is 5.20. The number of ketones is 1. The third-order valence-electron chi connectivity index (χ3n) is 2.43. The molecule has 1 aromatic heterocycles. The van der Waals surface area contributed by atoms with E-state index in [9.17, 15) is 18.0 Å². The number of carbonyl (C=O) groups excluding carboxylic acids is 1. The molecule has 0 aliphatic heterocycles. The number of pyridine rings is 1. The van der Waals surface area contributed by atoms with Crippen LogP contribution >= 0.6 is 15.9 Å². The second-order valence-corrected chi connectivity index (χ2v) is 4.71. The van der Waals surface area contributed by atoms with Crippen LogP contribution in [0.1, 0.15) is 21.5 Å². The van der Waals surface area contributed by atoms with E-state index in [0.717, 1.165) is 12.1 Å². The van der Waals surface area contributed by atoms with E-state index in [1.807, 2.05) is 0 Å². The van der Waals surface area contributed by atoms with Crippen molar-refractivity contribution in [2.24, 2.45) is 0 Å². The Hall–Kier alpha value is -1.69. The zero-order chi connectivity index (χ0) is 14.0. The van der Waals surface area contributed by atoms with Crippen LogP contribution in [0.4, 0.5) is 13.2 Å². The summed E-state index contributed by atoms with van der Waals surface area (Å²) in [6.45, 7) is 0. The average molecular weight is 330 g/mol. The molecule has 0 amide bonds. The number of rotatable bonds is 2. The van der Waals surface area contributed by atoms with Gasteiger partial charge in [-0.1, -0.05) is 15.9 Å². The smallest absolute Gasteiger partial charge is 0.289 e. The van der Waals surface area contributed by atoms with Gasteiger partial charge in [-0.05, 0) is 30.3 Å². The van der Waals surface area contributed by atoms with Gasteiger partial charge in [0.05, 0.1) is 5.56 Å². The van der Waals surface area contributed by atoms with Crippen LogP contribution < -0.4 is 0 Å². The molecule has 0 saturated carbocycles. The Morgan fingerprint density at radius 2 is 1.68 bits per heavy atom. The summed E-state index contributed by atoms with van der Waals surface area (Å²) in [6.07, 6.45) is -1.66. The molecule has 6 heteroatoms. The molecule has 0 unspecified atom stereocenters. The normalized spacial score (nSPS) is 11.4. The summed E-state index contributed by atoms with van der Waals surface area (Å²) in [5.74, 6) is -0.478. The average Bonchev–Trinajstić information content (AvgIpc) is 2.37. The van der Waals surface area contributed by atoms with Crippen molar-refractivity contribution in [3.05, 3.63) is 63.9 Å². The highest BCUT2D eigenvalue weighted by Gasteiger charge is 2.31. The van der Waals surface area contributed by atoms with E-state index in [2.05, 4.69) is 20.9 Å². The first kappa shape index (κ1) is 13.7. The number of benzene rings is 1. The molecule has 0 fully saturated rings. The lowest BCUT2D eigenvalue weighted by molar-refractivity contribution is -0.137. The highest BCUT2D eigenvalue weighted by molar-refractivity contribution is 9.10. The maximum Gasteiger partial charge on any atom is 0.416 e. The Morgan fingerprint density at radius 3 is 2.26 bits per heavy atom. The molecule has 98 valence electrons. The molecule has 0 N–H and O–H groups in total. The van der Waals surface area contributed by atoms with Crippen molar-refractivity contribution in [3.8, 4) is 0 Å². The number of hydrogen-bond donors (Lipinski definition) is 0. The van der Waals surface area contributed by atoms with Gasteiger partial charge >= 0.3 is 6.18 Å². The van der Waals surface area contributed by atoms with Gasteiger partial charge in [0.1, 0.15) is 0 Å². The van der Waals surface area contributed by atoms with Gasteiger partial charge < -0.3 is 0 Å². The van der Waals surface area contributed by atoms with Crippen LogP contribution in [0, 0.1) is 0 Å². The predicted molar refractivity (Wildman–Crippen MR) is 66.8 cm³/mol. The molecule has 0 saturated heterocycles. The minimum atomic E-state index is -4.49. The van der Waals surface area contributed by atoms with Gasteiger partial charge in [-0.15, -0.1) is 0 Å². The minimum absolute atomic E-state index is 0.0205. The summed E-state index contributed by atoms with van der Waals surface area (Å²) in [7, 11) is 0. The maximum absolute atomic E-state index is 12.7. The van der Waals surface area contributed by atoms with E-state index in [1.165, 1.54) is 30.6 Å². The molecule has 2 rings (SSSR count). The van der Waals surface area contributed by atoms with E-state index in [-0.39, 0.29) is 10.0 Å². The maximum atomic E-state index is 12.7. The second-order valence-electron chi connectivity index (χ2n) is 3.79. The quantitative estimate of drug-likeness (QED) is 0.776. The Kier molecular flexibility index (Phi) is 3.71. The van der Waals surface area contributed by atoms with Crippen molar-refractivity contribution in [1.29, 1.82) is 0 Å². The summed E-state index contributed by atoms with van der Waals surface area (Å²) in [5, 5.41) is 0. The zero-order valence-corrected chi connectivity index (χ0v) is 11.0. The molecule has 0 aliphatic rings. The lowest BCUT2D eigenvalue weighted by atomic mass is 10.0. The van der Waals surface area contributed by atoms with E-state index in [4.69, 9.17) is 0 Å². The third kappa shape index (κ3) is 3.20. The van der Waals surface area contributed by atoms with Crippen molar-refractivity contribution in [1.82, 2.24) is 4.98 Å². The number of hydrogen-bond acceptors (Lipinski definition) is 2. The summed E-state index contributed by atoms with van der Waals surface area (Å²) in [5.41, 5.74) is -0.589. The molecule has 2 aromatic rings. The highest BCUT2D eigenvalue weighted by Crippen LogP contribution is 2.32. The lowest BCUT2D eigenvalue weighted by Gasteiger charge is -2.09. The van der Waals surface area contributed by atoms with Crippen molar-refractivity contribution in [3.63, 3.8) is 0 Å². The van der Waals surface area contributed by atoms with E-state index < -0.39 is 17.5 Å². The van der Waals surface area contributed by atoms with Gasteiger partial charge in [0.25, 0.3) is 0 Å². The van der Waals surface area contributed by atoms with E-state index >= 15 is 0 Å². The number of nitrogens with zero attached hydrogens (tertiary/aromatic N) is 1. The second kappa shape index (κ2) is 5.13. The van der Waals surface area contributed by atoms with Gasteiger partial charge in [0.15, 0.2) is 5.78 Å². The highest BCUT2D eigenvalue weighted by atomic mass is 79.9. The van der Waals surface area contributed by atoms with Gasteiger partial charge in [0.2, 0.25) is 0 Å². The van der Waals surface area contributed by atoms with Crippen LogP contribution in [-0.2, 0) is 6.18 Å². The molecule has 0 spiro atoms. The summed E-state index contributed by atoms with van der Waals surface area (Å²) >= 11 is 2.98. The monoisotopic (exact) mass is 329 g/mol. The Balaban J connectivity index is 2.46. The SMILES string of the molecule is O=C(c1ccncc1)c1cc(Br)cc(C(F)(F)F)c1. The molecule has 1 aromatic carbocycles. The molecule has 19 heavy (non-hydrogen) atoms. The molecule has 2 nitrogen and oxygen atoms in total. The van der Waals surface area contributed by atoms with Crippen LogP contribution in [0.5, 0.6) is 0 Å². The van der Waals surface area contributed by atoms with Crippen molar-refractivity contribution in [2.75, 3.05) is 0 Å². The van der Waals surface area contributed by atoms with Crippen LogP contribution in [0.15, 0.2) is 47.2 Å². The Labute approximate surface area is 115 Å². The van der Waals surface area contributed by atoms with Crippen molar-refractivity contribution < 1.29 is 18.0 Å². The van der Waals surface area contributed by atoms with Gasteiger partial charge in [-0.25, -0.2) is 0 Å². The number of alkyl halides is 3. The van der Waals surface area contributed by atoms with E-state index in [1.54, 1.807) is 0 Å². The number of halogens is 4. The van der Waals surface area contributed by atoms with E-state index in [0.29, 0.717) is 5.56 Å². The fourth-order valence-corrected chi connectivity index (χ4v) is 2.05. The van der Waals surface area contributed by atoms with Crippen LogP contribution in [0.2, 0.25) is 0 Å². The van der Waals surface area contributed by atoms with Gasteiger partial charge in [0, 0.05) is 28.0 Å². The Bertz CT molecular complexity index is 611. The third-order valence-corrected chi connectivity index (χ3v) is 2.89. The first-order chi connectivity index (χ1) is 8.88. The topological polar surface area (TPSA) is 30.0 Å². The summed E-state index contributed by atoms with van der Waals surface area (Å²) < 4.78 is 38.2. The fourth-order valence-electron chi connectivity index (χ4n) is 1.55. The molecule has 0 radical (unpaired) electrons. The molecular weight excluding hydrogens is 323 g/mol. The van der Waals surface area contributed by atoms with Gasteiger partial charge in [-0.3, -0.25) is 9.78 Å². The molecule has 0 bridgehead atoms. The zero-order valence-electron chi connectivity index (χ0n) is 9.41. The fraction of sp³-hybridized carbons (Fsp3) is 0.0769. The first-order valence-corrected chi connectivity index (χ1v) is 6.00. The largest absolute Gasteiger partial charge is 0.416 e. The standard InChI is InChI=1S/C13H7BrF3NO/c14-11-6-9(5-10(7-11)13(15,16)17)12(19)8-1-3-18-4-2-8/h1-7H. The number of aromatic nitrogens is 1. The molecule has 0 aliphatic carbocycles. The molecule has 1 heterocycles. The Morgan fingerprint density at radius 1 is 1.05 bits per heavy atom. The molecule has 0 atom stereocenters.